The first kappa shape index (κ1) is 16.6. The number of rotatable bonds is 5. The molecule has 0 bridgehead atoms. The highest BCUT2D eigenvalue weighted by molar-refractivity contribution is 5.75. The Bertz CT molecular complexity index is 963. The van der Waals surface area contributed by atoms with Crippen LogP contribution in [0.15, 0.2) is 42.6 Å². The SMILES string of the molecule is Cc1cccn2c(CC(N)C(=O)O)c(-c3ccc([N+](=O)[O-])cc3)nc12. The summed E-state index contributed by atoms with van der Waals surface area (Å²) in [5.74, 6) is -1.10. The lowest BCUT2D eigenvalue weighted by atomic mass is 10.1. The van der Waals surface area contributed by atoms with E-state index in [1.165, 1.54) is 12.1 Å². The molecule has 0 saturated carbocycles. The molecule has 8 heteroatoms. The molecule has 3 rings (SSSR count). The van der Waals surface area contributed by atoms with Crippen LogP contribution in [0, 0.1) is 17.0 Å². The number of non-ortho nitro benzene ring substituents is 1. The number of carboxylic acids is 1. The molecule has 3 aromatic rings. The van der Waals surface area contributed by atoms with Gasteiger partial charge in [0.05, 0.1) is 16.3 Å². The third kappa shape index (κ3) is 3.07. The van der Waals surface area contributed by atoms with E-state index in [2.05, 4.69) is 4.98 Å². The van der Waals surface area contributed by atoms with Gasteiger partial charge in [0.25, 0.3) is 5.69 Å². The van der Waals surface area contributed by atoms with Gasteiger partial charge in [0.2, 0.25) is 0 Å². The molecule has 0 radical (unpaired) electrons. The highest BCUT2D eigenvalue weighted by Gasteiger charge is 2.21. The average Bonchev–Trinajstić information content (AvgIpc) is 2.95. The van der Waals surface area contributed by atoms with E-state index in [1.807, 2.05) is 23.5 Å². The molecule has 2 heterocycles. The molecule has 3 N–H and O–H groups in total. The third-order valence-corrected chi connectivity index (χ3v) is 4.03. The van der Waals surface area contributed by atoms with E-state index >= 15 is 0 Å². The van der Waals surface area contributed by atoms with Gasteiger partial charge in [-0.05, 0) is 30.7 Å². The summed E-state index contributed by atoms with van der Waals surface area (Å²) in [6.45, 7) is 1.91. The summed E-state index contributed by atoms with van der Waals surface area (Å²) in [5.41, 5.74) is 9.22. The van der Waals surface area contributed by atoms with Gasteiger partial charge in [-0.2, -0.15) is 0 Å². The quantitative estimate of drug-likeness (QED) is 0.542. The van der Waals surface area contributed by atoms with E-state index in [-0.39, 0.29) is 12.1 Å². The van der Waals surface area contributed by atoms with Crippen molar-refractivity contribution in [1.82, 2.24) is 9.38 Å². The number of imidazole rings is 1. The highest BCUT2D eigenvalue weighted by atomic mass is 16.6. The number of carboxylic acid groups (broad SMARTS) is 1. The van der Waals surface area contributed by atoms with E-state index in [0.717, 1.165) is 5.56 Å². The second-order valence-electron chi connectivity index (χ2n) is 5.74. The molecule has 1 unspecified atom stereocenters. The molecule has 0 fully saturated rings. The molecule has 0 saturated heterocycles. The number of nitro benzene ring substituents is 1. The maximum atomic E-state index is 11.2. The molecular weight excluding hydrogens is 324 g/mol. The van der Waals surface area contributed by atoms with Gasteiger partial charge in [-0.1, -0.05) is 6.07 Å². The molecule has 2 aromatic heterocycles. The Hall–Kier alpha value is -3.26. The monoisotopic (exact) mass is 340 g/mol. The predicted molar refractivity (Wildman–Crippen MR) is 91.3 cm³/mol. The highest BCUT2D eigenvalue weighted by Crippen LogP contribution is 2.28. The number of pyridine rings is 1. The summed E-state index contributed by atoms with van der Waals surface area (Å²) in [4.78, 5) is 26.1. The Morgan fingerprint density at radius 2 is 2.04 bits per heavy atom. The van der Waals surface area contributed by atoms with Gasteiger partial charge in [0.15, 0.2) is 0 Å². The summed E-state index contributed by atoms with van der Waals surface area (Å²) in [7, 11) is 0. The number of nitrogens with zero attached hydrogens (tertiary/aromatic N) is 3. The molecule has 0 aliphatic heterocycles. The number of benzene rings is 1. The second kappa shape index (κ2) is 6.33. The zero-order valence-electron chi connectivity index (χ0n) is 13.4. The molecule has 8 nitrogen and oxygen atoms in total. The normalized spacial score (nSPS) is 12.2. The van der Waals surface area contributed by atoms with Gasteiger partial charge in [-0.3, -0.25) is 14.9 Å². The number of hydrogen-bond acceptors (Lipinski definition) is 5. The number of nitrogens with two attached hydrogens (primary N) is 1. The van der Waals surface area contributed by atoms with Crippen LogP contribution in [-0.2, 0) is 11.2 Å². The van der Waals surface area contributed by atoms with Crippen molar-refractivity contribution in [1.29, 1.82) is 0 Å². The number of aliphatic carboxylic acids is 1. The lowest BCUT2D eigenvalue weighted by molar-refractivity contribution is -0.384. The number of aryl methyl sites for hydroxylation is 1. The van der Waals surface area contributed by atoms with Crippen molar-refractivity contribution in [2.75, 3.05) is 0 Å². The zero-order chi connectivity index (χ0) is 18.1. The van der Waals surface area contributed by atoms with Crippen molar-refractivity contribution in [3.63, 3.8) is 0 Å². The number of hydrogen-bond donors (Lipinski definition) is 2. The van der Waals surface area contributed by atoms with E-state index in [1.54, 1.807) is 18.3 Å². The Morgan fingerprint density at radius 1 is 1.36 bits per heavy atom. The summed E-state index contributed by atoms with van der Waals surface area (Å²) in [5, 5.41) is 20.0. The van der Waals surface area contributed by atoms with Crippen LogP contribution in [0.25, 0.3) is 16.9 Å². The fourth-order valence-electron chi connectivity index (χ4n) is 2.72. The Kier molecular flexibility index (Phi) is 4.20. The van der Waals surface area contributed by atoms with Gasteiger partial charge >= 0.3 is 5.97 Å². The Morgan fingerprint density at radius 3 is 2.64 bits per heavy atom. The van der Waals surface area contributed by atoms with Gasteiger partial charge in [-0.15, -0.1) is 0 Å². The van der Waals surface area contributed by atoms with Crippen molar-refractivity contribution >= 4 is 17.3 Å². The van der Waals surface area contributed by atoms with Crippen molar-refractivity contribution in [3.05, 3.63) is 64.0 Å². The van der Waals surface area contributed by atoms with Crippen LogP contribution in [0.3, 0.4) is 0 Å². The lowest BCUT2D eigenvalue weighted by Gasteiger charge is -2.09. The van der Waals surface area contributed by atoms with Gasteiger partial charge < -0.3 is 15.2 Å². The Balaban J connectivity index is 2.17. The Labute approximate surface area is 142 Å². The molecule has 1 atom stereocenters. The largest absolute Gasteiger partial charge is 0.480 e. The molecule has 0 spiro atoms. The lowest BCUT2D eigenvalue weighted by Crippen LogP contribution is -2.32. The van der Waals surface area contributed by atoms with Crippen molar-refractivity contribution in [2.24, 2.45) is 5.73 Å². The molecular formula is C17H16N4O4. The van der Waals surface area contributed by atoms with Crippen LogP contribution >= 0.6 is 0 Å². The second-order valence-corrected chi connectivity index (χ2v) is 5.74. The van der Waals surface area contributed by atoms with E-state index in [9.17, 15) is 14.9 Å². The summed E-state index contributed by atoms with van der Waals surface area (Å²) in [6.07, 6.45) is 1.89. The van der Waals surface area contributed by atoms with Crippen molar-refractivity contribution in [2.45, 2.75) is 19.4 Å². The average molecular weight is 340 g/mol. The smallest absolute Gasteiger partial charge is 0.320 e. The zero-order valence-corrected chi connectivity index (χ0v) is 13.4. The molecule has 0 aliphatic rings. The fraction of sp³-hybridized carbons (Fsp3) is 0.176. The van der Waals surface area contributed by atoms with E-state index in [4.69, 9.17) is 10.8 Å². The van der Waals surface area contributed by atoms with Crippen LogP contribution in [0.4, 0.5) is 5.69 Å². The number of aromatic nitrogens is 2. The molecule has 0 amide bonds. The van der Waals surface area contributed by atoms with Crippen LogP contribution in [0.5, 0.6) is 0 Å². The number of nitro groups is 1. The molecule has 0 aliphatic carbocycles. The van der Waals surface area contributed by atoms with Crippen LogP contribution in [0.2, 0.25) is 0 Å². The minimum Gasteiger partial charge on any atom is -0.480 e. The van der Waals surface area contributed by atoms with Crippen molar-refractivity contribution in [3.8, 4) is 11.3 Å². The maximum absolute atomic E-state index is 11.2. The summed E-state index contributed by atoms with van der Waals surface area (Å²) in [6, 6.07) is 8.68. The minimum atomic E-state index is -1.10. The van der Waals surface area contributed by atoms with Crippen LogP contribution in [0.1, 0.15) is 11.3 Å². The van der Waals surface area contributed by atoms with E-state index < -0.39 is 16.9 Å². The minimum absolute atomic E-state index is 0.0208. The van der Waals surface area contributed by atoms with Gasteiger partial charge in [-0.25, -0.2) is 4.98 Å². The van der Waals surface area contributed by atoms with Crippen LogP contribution < -0.4 is 5.73 Å². The predicted octanol–water partition coefficient (Wildman–Crippen LogP) is 2.17. The fourth-order valence-corrected chi connectivity index (χ4v) is 2.72. The first-order valence-electron chi connectivity index (χ1n) is 7.58. The van der Waals surface area contributed by atoms with E-state index in [0.29, 0.717) is 22.6 Å². The van der Waals surface area contributed by atoms with Gasteiger partial charge in [0.1, 0.15) is 11.7 Å². The maximum Gasteiger partial charge on any atom is 0.320 e. The van der Waals surface area contributed by atoms with Gasteiger partial charge in [0, 0.05) is 30.3 Å². The standard InChI is InChI=1S/C17H16N4O4/c1-10-3-2-8-20-14(9-13(18)17(22)23)15(19-16(10)20)11-4-6-12(7-5-11)21(24)25/h2-8,13H,9,18H2,1H3,(H,22,23). The van der Waals surface area contributed by atoms with Crippen LogP contribution in [-0.4, -0.2) is 31.4 Å². The first-order chi connectivity index (χ1) is 11.9. The number of fused-ring (bicyclic) bond motifs is 1. The number of carbonyl (C=O) groups is 1. The van der Waals surface area contributed by atoms with Crippen molar-refractivity contribution < 1.29 is 14.8 Å². The molecule has 128 valence electrons. The summed E-state index contributed by atoms with van der Waals surface area (Å²) < 4.78 is 1.81. The third-order valence-electron chi connectivity index (χ3n) is 4.03. The first-order valence-corrected chi connectivity index (χ1v) is 7.58. The summed E-state index contributed by atoms with van der Waals surface area (Å²) >= 11 is 0. The topological polar surface area (TPSA) is 124 Å². The molecule has 25 heavy (non-hydrogen) atoms. The molecule has 1 aromatic carbocycles.